The summed E-state index contributed by atoms with van der Waals surface area (Å²) in [5.41, 5.74) is 0.817. The topological polar surface area (TPSA) is 58.6 Å². The molecule has 1 heterocycles. The maximum absolute atomic E-state index is 11.8. The Labute approximate surface area is 116 Å². The van der Waals surface area contributed by atoms with Crippen LogP contribution >= 0.6 is 11.6 Å². The Bertz CT molecular complexity index is 487. The molecule has 1 aromatic rings. The molecule has 19 heavy (non-hydrogen) atoms. The van der Waals surface area contributed by atoms with Gasteiger partial charge >= 0.3 is 12.1 Å². The number of rotatable bonds is 2. The van der Waals surface area contributed by atoms with E-state index >= 15 is 0 Å². The van der Waals surface area contributed by atoms with Crippen molar-refractivity contribution in [3.63, 3.8) is 0 Å². The molecule has 1 saturated heterocycles. The molecule has 0 saturated carbocycles. The highest BCUT2D eigenvalue weighted by Gasteiger charge is 2.36. The first-order chi connectivity index (χ1) is 8.97. The van der Waals surface area contributed by atoms with Crippen LogP contribution in [0.15, 0.2) is 24.3 Å². The zero-order valence-electron chi connectivity index (χ0n) is 10.7. The van der Waals surface area contributed by atoms with Gasteiger partial charge in [0, 0.05) is 11.1 Å². The highest BCUT2D eigenvalue weighted by Crippen LogP contribution is 2.27. The van der Waals surface area contributed by atoms with E-state index in [9.17, 15) is 9.59 Å². The molecular formula is C13H15ClN2O3. The number of carbonyl (C=O) groups excluding carboxylic acids is 2. The first kappa shape index (κ1) is 13.7. The Morgan fingerprint density at radius 2 is 2.05 bits per heavy atom. The number of cyclic esters (lactones) is 1. The van der Waals surface area contributed by atoms with E-state index in [1.54, 1.807) is 24.3 Å². The molecule has 1 atom stereocenters. The highest BCUT2D eigenvalue weighted by molar-refractivity contribution is 6.30. The molecule has 1 N–H and O–H groups in total. The van der Waals surface area contributed by atoms with Crippen LogP contribution in [0.1, 0.15) is 25.5 Å². The second kappa shape index (κ2) is 5.48. The van der Waals surface area contributed by atoms with Gasteiger partial charge in [-0.3, -0.25) is 0 Å². The Morgan fingerprint density at radius 3 is 2.63 bits per heavy atom. The summed E-state index contributed by atoms with van der Waals surface area (Å²) in [5, 5.41) is 3.27. The van der Waals surface area contributed by atoms with Gasteiger partial charge in [-0.1, -0.05) is 23.7 Å². The fourth-order valence-electron chi connectivity index (χ4n) is 1.80. The maximum Gasteiger partial charge on any atom is 0.418 e. The molecule has 102 valence electrons. The number of benzene rings is 1. The van der Waals surface area contributed by atoms with Crippen molar-refractivity contribution < 1.29 is 14.3 Å². The van der Waals surface area contributed by atoms with Crippen LogP contribution in [-0.4, -0.2) is 29.6 Å². The molecule has 0 bridgehead atoms. The van der Waals surface area contributed by atoms with Crippen LogP contribution in [0.2, 0.25) is 5.02 Å². The molecule has 1 aliphatic rings. The van der Waals surface area contributed by atoms with Crippen molar-refractivity contribution >= 4 is 23.7 Å². The minimum Gasteiger partial charge on any atom is -0.439 e. The normalized spacial score (nSPS) is 18.6. The maximum atomic E-state index is 11.8. The summed E-state index contributed by atoms with van der Waals surface area (Å²) in [5.74, 6) is 0. The average molecular weight is 283 g/mol. The minimum absolute atomic E-state index is 0.0325. The molecule has 5 nitrogen and oxygen atoms in total. The van der Waals surface area contributed by atoms with Crippen molar-refractivity contribution in [3.05, 3.63) is 34.9 Å². The van der Waals surface area contributed by atoms with E-state index in [-0.39, 0.29) is 12.6 Å². The quantitative estimate of drug-likeness (QED) is 0.907. The van der Waals surface area contributed by atoms with Gasteiger partial charge in [0.15, 0.2) is 0 Å². The Kier molecular flexibility index (Phi) is 3.95. The number of nitrogens with zero attached hydrogens (tertiary/aromatic N) is 1. The van der Waals surface area contributed by atoms with Gasteiger partial charge < -0.3 is 10.1 Å². The van der Waals surface area contributed by atoms with Crippen LogP contribution in [0.5, 0.6) is 0 Å². The van der Waals surface area contributed by atoms with Crippen molar-refractivity contribution in [3.8, 4) is 0 Å². The molecule has 1 unspecified atom stereocenters. The Morgan fingerprint density at radius 1 is 1.42 bits per heavy atom. The van der Waals surface area contributed by atoms with E-state index in [1.165, 1.54) is 0 Å². The number of hydrogen-bond acceptors (Lipinski definition) is 3. The SMILES string of the molecule is CC(C)NC(=O)N1CC(c2ccc(Cl)cc2)OC1=O. The summed E-state index contributed by atoms with van der Waals surface area (Å²) in [4.78, 5) is 24.5. The predicted octanol–water partition coefficient (Wildman–Crippen LogP) is 2.95. The minimum atomic E-state index is -0.627. The molecule has 0 aliphatic carbocycles. The van der Waals surface area contributed by atoms with Gasteiger partial charge in [0.05, 0.1) is 6.54 Å². The van der Waals surface area contributed by atoms with Crippen molar-refractivity contribution in [2.24, 2.45) is 0 Å². The molecule has 1 fully saturated rings. The van der Waals surface area contributed by atoms with E-state index in [0.717, 1.165) is 10.5 Å². The van der Waals surface area contributed by atoms with Gasteiger partial charge in [-0.2, -0.15) is 0 Å². The van der Waals surface area contributed by atoms with E-state index < -0.39 is 18.2 Å². The summed E-state index contributed by atoms with van der Waals surface area (Å²) in [6, 6.07) is 6.54. The van der Waals surface area contributed by atoms with E-state index in [0.29, 0.717) is 5.02 Å². The zero-order chi connectivity index (χ0) is 14.0. The van der Waals surface area contributed by atoms with E-state index in [1.807, 2.05) is 13.8 Å². The molecule has 0 spiro atoms. The molecule has 0 radical (unpaired) electrons. The number of carbonyl (C=O) groups is 2. The number of ether oxygens (including phenoxy) is 1. The number of nitrogens with one attached hydrogen (secondary N) is 1. The smallest absolute Gasteiger partial charge is 0.418 e. The fourth-order valence-corrected chi connectivity index (χ4v) is 1.93. The second-order valence-corrected chi connectivity index (χ2v) is 5.08. The molecule has 3 amide bonds. The molecular weight excluding hydrogens is 268 g/mol. The summed E-state index contributed by atoms with van der Waals surface area (Å²) in [6.07, 6.45) is -1.07. The first-order valence-electron chi connectivity index (χ1n) is 6.01. The number of urea groups is 1. The molecule has 1 aromatic carbocycles. The third kappa shape index (κ3) is 3.17. The van der Waals surface area contributed by atoms with Crippen LogP contribution in [0, 0.1) is 0 Å². The average Bonchev–Trinajstić information content (AvgIpc) is 2.71. The molecule has 6 heteroatoms. The van der Waals surface area contributed by atoms with Crippen LogP contribution < -0.4 is 5.32 Å². The van der Waals surface area contributed by atoms with Crippen molar-refractivity contribution in [2.45, 2.75) is 26.0 Å². The Balaban J connectivity index is 2.06. The van der Waals surface area contributed by atoms with Crippen LogP contribution in [0.4, 0.5) is 9.59 Å². The van der Waals surface area contributed by atoms with E-state index in [4.69, 9.17) is 16.3 Å². The van der Waals surface area contributed by atoms with Gasteiger partial charge in [0.1, 0.15) is 6.10 Å². The van der Waals surface area contributed by atoms with Crippen LogP contribution in [0.3, 0.4) is 0 Å². The van der Waals surface area contributed by atoms with Crippen molar-refractivity contribution in [1.29, 1.82) is 0 Å². The second-order valence-electron chi connectivity index (χ2n) is 4.64. The molecule has 1 aliphatic heterocycles. The third-order valence-corrected chi connectivity index (χ3v) is 2.96. The summed E-state index contributed by atoms with van der Waals surface area (Å²) in [6.45, 7) is 3.87. The lowest BCUT2D eigenvalue weighted by molar-refractivity contribution is 0.134. The fraction of sp³-hybridized carbons (Fsp3) is 0.385. The first-order valence-corrected chi connectivity index (χ1v) is 6.39. The molecule has 0 aromatic heterocycles. The lowest BCUT2D eigenvalue weighted by Gasteiger charge is -2.14. The molecule has 2 rings (SSSR count). The number of imide groups is 1. The van der Waals surface area contributed by atoms with Gasteiger partial charge in [-0.15, -0.1) is 0 Å². The lowest BCUT2D eigenvalue weighted by Crippen LogP contribution is -2.43. The highest BCUT2D eigenvalue weighted by atomic mass is 35.5. The van der Waals surface area contributed by atoms with Gasteiger partial charge in [-0.05, 0) is 31.5 Å². The van der Waals surface area contributed by atoms with Crippen molar-refractivity contribution in [1.82, 2.24) is 10.2 Å². The number of hydrogen-bond donors (Lipinski definition) is 1. The predicted molar refractivity (Wildman–Crippen MR) is 71.0 cm³/mol. The number of amides is 3. The summed E-state index contributed by atoms with van der Waals surface area (Å²) >= 11 is 5.80. The lowest BCUT2D eigenvalue weighted by atomic mass is 10.1. The van der Waals surface area contributed by atoms with Gasteiger partial charge in [0.25, 0.3) is 0 Å². The monoisotopic (exact) mass is 282 g/mol. The van der Waals surface area contributed by atoms with Gasteiger partial charge in [0.2, 0.25) is 0 Å². The van der Waals surface area contributed by atoms with Gasteiger partial charge in [-0.25, -0.2) is 14.5 Å². The summed E-state index contributed by atoms with van der Waals surface area (Å²) < 4.78 is 5.19. The largest absolute Gasteiger partial charge is 0.439 e. The van der Waals surface area contributed by atoms with Crippen molar-refractivity contribution in [2.75, 3.05) is 6.54 Å². The number of halogens is 1. The Hall–Kier alpha value is -1.75. The third-order valence-electron chi connectivity index (χ3n) is 2.71. The standard InChI is InChI=1S/C13H15ClN2O3/c1-8(2)15-12(17)16-7-11(19-13(16)18)9-3-5-10(14)6-4-9/h3-6,8,11H,7H2,1-2H3,(H,15,17). The zero-order valence-corrected chi connectivity index (χ0v) is 11.5. The van der Waals surface area contributed by atoms with E-state index in [2.05, 4.69) is 5.32 Å². The van der Waals surface area contributed by atoms with Crippen LogP contribution in [-0.2, 0) is 4.74 Å². The van der Waals surface area contributed by atoms with Crippen LogP contribution in [0.25, 0.3) is 0 Å². The summed E-state index contributed by atoms with van der Waals surface area (Å²) in [7, 11) is 0.